The second-order valence-corrected chi connectivity index (χ2v) is 7.15. The molecule has 1 aliphatic heterocycles. The number of nitrogens with zero attached hydrogens (tertiary/aromatic N) is 1. The van der Waals surface area contributed by atoms with Crippen molar-refractivity contribution in [3.8, 4) is 0 Å². The summed E-state index contributed by atoms with van der Waals surface area (Å²) >= 11 is 10.5. The number of anilines is 1. The Morgan fingerprint density at radius 2 is 2.10 bits per heavy atom. The van der Waals surface area contributed by atoms with Crippen LogP contribution in [0.1, 0.15) is 16.5 Å². The lowest BCUT2D eigenvalue weighted by atomic mass is 10.1. The molecule has 0 spiro atoms. The summed E-state index contributed by atoms with van der Waals surface area (Å²) in [6.45, 7) is 0.165. The van der Waals surface area contributed by atoms with E-state index in [0.717, 1.165) is 17.0 Å². The molecule has 1 unspecified atom stereocenters. The Hall–Kier alpha value is -1.02. The summed E-state index contributed by atoms with van der Waals surface area (Å²) < 4.78 is 28.5. The summed E-state index contributed by atoms with van der Waals surface area (Å²) in [4.78, 5) is 14.3. The van der Waals surface area contributed by atoms with Gasteiger partial charge in [-0.15, -0.1) is 11.3 Å². The normalized spacial score (nSPS) is 17.5. The topological polar surface area (TPSA) is 46.3 Å². The highest BCUT2D eigenvalue weighted by Crippen LogP contribution is 2.40. The van der Waals surface area contributed by atoms with Crippen molar-refractivity contribution in [2.24, 2.45) is 5.73 Å². The quantitative estimate of drug-likeness (QED) is 0.838. The fourth-order valence-corrected chi connectivity index (χ4v) is 4.08. The maximum atomic E-state index is 13.8. The predicted octanol–water partition coefficient (Wildman–Crippen LogP) is 3.99. The van der Waals surface area contributed by atoms with Gasteiger partial charge >= 0.3 is 0 Å². The summed E-state index contributed by atoms with van der Waals surface area (Å²) in [6, 6.07) is 2.50. The zero-order chi connectivity index (χ0) is 15.3. The van der Waals surface area contributed by atoms with Crippen LogP contribution in [0.5, 0.6) is 0 Å². The van der Waals surface area contributed by atoms with Gasteiger partial charge in [0.1, 0.15) is 22.0 Å². The van der Waals surface area contributed by atoms with Gasteiger partial charge in [0, 0.05) is 21.0 Å². The Morgan fingerprint density at radius 3 is 2.71 bits per heavy atom. The third-order valence-corrected chi connectivity index (χ3v) is 5.68. The average Bonchev–Trinajstić information content (AvgIpc) is 2.83. The van der Waals surface area contributed by atoms with E-state index in [9.17, 15) is 13.6 Å². The predicted molar refractivity (Wildman–Crippen MR) is 81.5 cm³/mol. The lowest BCUT2D eigenvalue weighted by molar-refractivity contribution is -0.119. The zero-order valence-electron chi connectivity index (χ0n) is 10.4. The Morgan fingerprint density at radius 1 is 1.38 bits per heavy atom. The van der Waals surface area contributed by atoms with Gasteiger partial charge in [0.2, 0.25) is 5.91 Å². The van der Waals surface area contributed by atoms with E-state index in [1.54, 1.807) is 6.07 Å². The summed E-state index contributed by atoms with van der Waals surface area (Å²) in [7, 11) is 0. The van der Waals surface area contributed by atoms with Gasteiger partial charge in [0.15, 0.2) is 0 Å². The molecule has 2 aromatic rings. The molecule has 2 heterocycles. The second kappa shape index (κ2) is 5.31. The van der Waals surface area contributed by atoms with Gasteiger partial charge in [0.05, 0.1) is 12.2 Å². The van der Waals surface area contributed by atoms with Crippen LogP contribution in [-0.4, -0.2) is 5.91 Å². The van der Waals surface area contributed by atoms with E-state index in [2.05, 4.69) is 15.9 Å². The van der Waals surface area contributed by atoms with Crippen LogP contribution in [0.4, 0.5) is 14.5 Å². The minimum Gasteiger partial charge on any atom is -0.316 e. The molecule has 0 saturated heterocycles. The second-order valence-electron chi connectivity index (χ2n) is 4.56. The van der Waals surface area contributed by atoms with Gasteiger partial charge < -0.3 is 10.6 Å². The SMILES string of the molecule is NC1C(=O)N(Cc2cc(Br)c(Cl)s2)c2cc(F)cc(F)c21. The standard InChI is InChI=1S/C13H8BrClF2N2OS/c14-7-3-6(21-12(7)15)4-19-9-2-5(16)1-8(17)10(9)11(18)13(19)20/h1-3,11H,4,18H2. The van der Waals surface area contributed by atoms with Gasteiger partial charge in [-0.2, -0.15) is 0 Å². The molecule has 1 amide bonds. The van der Waals surface area contributed by atoms with Crippen molar-refractivity contribution in [3.05, 3.63) is 49.1 Å². The lowest BCUT2D eigenvalue weighted by Gasteiger charge is -2.16. The summed E-state index contributed by atoms with van der Waals surface area (Å²) in [5, 5.41) is 0. The van der Waals surface area contributed by atoms with Crippen molar-refractivity contribution < 1.29 is 13.6 Å². The Bertz CT molecular complexity index is 733. The monoisotopic (exact) mass is 392 g/mol. The maximum Gasteiger partial charge on any atom is 0.249 e. The first-order chi connectivity index (χ1) is 9.88. The Labute approximate surface area is 136 Å². The molecule has 0 saturated carbocycles. The van der Waals surface area contributed by atoms with Crippen molar-refractivity contribution >= 4 is 50.5 Å². The molecule has 3 rings (SSSR count). The fourth-order valence-electron chi connectivity index (χ4n) is 2.30. The largest absolute Gasteiger partial charge is 0.316 e. The molecule has 21 heavy (non-hydrogen) atoms. The first-order valence-electron chi connectivity index (χ1n) is 5.88. The smallest absolute Gasteiger partial charge is 0.249 e. The third kappa shape index (κ3) is 2.48. The maximum absolute atomic E-state index is 13.8. The van der Waals surface area contributed by atoms with Crippen molar-refractivity contribution in [1.29, 1.82) is 0 Å². The highest BCUT2D eigenvalue weighted by Gasteiger charge is 2.38. The summed E-state index contributed by atoms with van der Waals surface area (Å²) in [6.07, 6.45) is 0. The molecule has 2 N–H and O–H groups in total. The fraction of sp³-hybridized carbons (Fsp3) is 0.154. The number of hydrogen-bond acceptors (Lipinski definition) is 3. The summed E-state index contributed by atoms with van der Waals surface area (Å²) in [5.74, 6) is -2.02. The van der Waals surface area contributed by atoms with Crippen molar-refractivity contribution in [2.45, 2.75) is 12.6 Å². The van der Waals surface area contributed by atoms with Gasteiger partial charge in [0.25, 0.3) is 0 Å². The number of thiophene rings is 1. The molecular formula is C13H8BrClF2N2OS. The third-order valence-electron chi connectivity index (χ3n) is 3.22. The highest BCUT2D eigenvalue weighted by atomic mass is 79.9. The van der Waals surface area contributed by atoms with E-state index in [1.165, 1.54) is 16.2 Å². The van der Waals surface area contributed by atoms with Crippen LogP contribution in [0, 0.1) is 11.6 Å². The lowest BCUT2D eigenvalue weighted by Crippen LogP contribution is -2.31. The molecule has 8 heteroatoms. The van der Waals surface area contributed by atoms with Crippen LogP contribution in [0.25, 0.3) is 0 Å². The average molecular weight is 394 g/mol. The number of hydrogen-bond donors (Lipinski definition) is 1. The van der Waals surface area contributed by atoms with E-state index in [1.807, 2.05) is 0 Å². The number of rotatable bonds is 2. The molecule has 0 bridgehead atoms. The van der Waals surface area contributed by atoms with Crippen molar-refractivity contribution in [1.82, 2.24) is 0 Å². The zero-order valence-corrected chi connectivity index (χ0v) is 13.5. The molecule has 1 aliphatic rings. The van der Waals surface area contributed by atoms with Crippen LogP contribution in [0.3, 0.4) is 0 Å². The molecule has 0 radical (unpaired) electrons. The van der Waals surface area contributed by atoms with E-state index in [0.29, 0.717) is 8.81 Å². The number of fused-ring (bicyclic) bond motifs is 1. The van der Waals surface area contributed by atoms with Crippen LogP contribution in [0.2, 0.25) is 4.34 Å². The van der Waals surface area contributed by atoms with Crippen molar-refractivity contribution in [2.75, 3.05) is 4.90 Å². The van der Waals surface area contributed by atoms with Crippen LogP contribution in [0.15, 0.2) is 22.7 Å². The number of benzene rings is 1. The molecule has 1 atom stereocenters. The highest BCUT2D eigenvalue weighted by molar-refractivity contribution is 9.10. The minimum absolute atomic E-state index is 0.0307. The van der Waals surface area contributed by atoms with Gasteiger partial charge in [-0.1, -0.05) is 11.6 Å². The molecule has 110 valence electrons. The molecule has 1 aromatic heterocycles. The van der Waals surface area contributed by atoms with E-state index < -0.39 is 23.6 Å². The molecule has 1 aromatic carbocycles. The van der Waals surface area contributed by atoms with Gasteiger partial charge in [-0.05, 0) is 28.1 Å². The Kier molecular flexibility index (Phi) is 3.77. The van der Waals surface area contributed by atoms with E-state index >= 15 is 0 Å². The van der Waals surface area contributed by atoms with Crippen LogP contribution >= 0.6 is 38.9 Å². The van der Waals surface area contributed by atoms with Crippen molar-refractivity contribution in [3.63, 3.8) is 0 Å². The number of carbonyl (C=O) groups excluding carboxylic acids is 1. The number of nitrogens with two attached hydrogens (primary N) is 1. The molecule has 3 nitrogen and oxygen atoms in total. The Balaban J connectivity index is 2.03. The molecular weight excluding hydrogens is 386 g/mol. The molecule has 0 aliphatic carbocycles. The minimum atomic E-state index is -1.11. The summed E-state index contributed by atoms with van der Waals surface area (Å²) in [5.41, 5.74) is 5.94. The van der Waals surface area contributed by atoms with E-state index in [-0.39, 0.29) is 17.8 Å². The number of carbonyl (C=O) groups is 1. The molecule has 0 fully saturated rings. The van der Waals surface area contributed by atoms with Gasteiger partial charge in [-0.25, -0.2) is 8.78 Å². The number of halogens is 4. The first-order valence-corrected chi connectivity index (χ1v) is 7.87. The van der Waals surface area contributed by atoms with E-state index in [4.69, 9.17) is 17.3 Å². The number of amides is 1. The van der Waals surface area contributed by atoms with Crippen LogP contribution < -0.4 is 10.6 Å². The first kappa shape index (κ1) is 14.9. The van der Waals surface area contributed by atoms with Crippen LogP contribution in [-0.2, 0) is 11.3 Å². The van der Waals surface area contributed by atoms with Gasteiger partial charge in [-0.3, -0.25) is 4.79 Å².